The molecule has 3 heteroatoms. The van der Waals surface area contributed by atoms with Gasteiger partial charge in [-0.05, 0) is 26.0 Å². The molecule has 0 bridgehead atoms. The Morgan fingerprint density at radius 1 is 1.47 bits per heavy atom. The molecule has 2 unspecified atom stereocenters. The maximum atomic E-state index is 9.27. The molecular weight excluding hydrogens is 214 g/mol. The summed E-state index contributed by atoms with van der Waals surface area (Å²) in [5.74, 6) is 0.671. The number of pyridine rings is 1. The lowest BCUT2D eigenvalue weighted by molar-refractivity contribution is 0.115. The fraction of sp³-hybridized carbons (Fsp3) is 0.357. The molecule has 1 N–H and O–H groups in total. The molecule has 2 aromatic rings. The molecule has 1 heterocycles. The van der Waals surface area contributed by atoms with Crippen LogP contribution in [0.2, 0.25) is 0 Å². The Morgan fingerprint density at radius 2 is 2.29 bits per heavy atom. The van der Waals surface area contributed by atoms with Gasteiger partial charge in [0.25, 0.3) is 0 Å². The van der Waals surface area contributed by atoms with E-state index in [1.165, 1.54) is 0 Å². The van der Waals surface area contributed by atoms with Gasteiger partial charge < -0.3 is 9.84 Å². The van der Waals surface area contributed by atoms with Gasteiger partial charge >= 0.3 is 0 Å². The molecule has 0 fully saturated rings. The largest absolute Gasteiger partial charge is 0.490 e. The maximum Gasteiger partial charge on any atom is 0.129 e. The van der Waals surface area contributed by atoms with Crippen molar-refractivity contribution in [2.45, 2.75) is 32.5 Å². The molecule has 17 heavy (non-hydrogen) atoms. The van der Waals surface area contributed by atoms with Gasteiger partial charge in [-0.3, -0.25) is 4.98 Å². The molecule has 0 aliphatic rings. The Morgan fingerprint density at radius 3 is 3.06 bits per heavy atom. The van der Waals surface area contributed by atoms with Crippen LogP contribution >= 0.6 is 0 Å². The number of nitrogens with zero attached hydrogens (tertiary/aromatic N) is 1. The van der Waals surface area contributed by atoms with E-state index in [-0.39, 0.29) is 12.2 Å². The summed E-state index contributed by atoms with van der Waals surface area (Å²) < 4.78 is 5.68. The fourth-order valence-corrected chi connectivity index (χ4v) is 1.80. The summed E-state index contributed by atoms with van der Waals surface area (Å²) >= 11 is 0. The first kappa shape index (κ1) is 11.9. The summed E-state index contributed by atoms with van der Waals surface area (Å²) in [6.45, 7) is 3.69. The number of aliphatic hydroxyl groups excluding tert-OH is 1. The van der Waals surface area contributed by atoms with Crippen LogP contribution in [0.1, 0.15) is 20.3 Å². The van der Waals surface area contributed by atoms with Gasteiger partial charge in [0.15, 0.2) is 0 Å². The Bertz CT molecular complexity index is 496. The Balaban J connectivity index is 2.14. The van der Waals surface area contributed by atoms with Crippen LogP contribution in [-0.2, 0) is 0 Å². The molecule has 0 saturated heterocycles. The normalized spacial score (nSPS) is 14.5. The highest BCUT2D eigenvalue weighted by Crippen LogP contribution is 2.19. The van der Waals surface area contributed by atoms with Gasteiger partial charge in [0, 0.05) is 30.1 Å². The van der Waals surface area contributed by atoms with Crippen molar-refractivity contribution in [2.24, 2.45) is 0 Å². The van der Waals surface area contributed by atoms with E-state index in [1.54, 1.807) is 13.1 Å². The van der Waals surface area contributed by atoms with Gasteiger partial charge in [0.1, 0.15) is 5.75 Å². The van der Waals surface area contributed by atoms with Gasteiger partial charge in [-0.1, -0.05) is 6.07 Å². The quantitative estimate of drug-likeness (QED) is 0.877. The van der Waals surface area contributed by atoms with E-state index in [2.05, 4.69) is 11.1 Å². The second-order valence-electron chi connectivity index (χ2n) is 4.29. The van der Waals surface area contributed by atoms with Crippen molar-refractivity contribution in [1.82, 2.24) is 4.98 Å². The highest BCUT2D eigenvalue weighted by atomic mass is 16.5. The lowest BCUT2D eigenvalue weighted by Gasteiger charge is -2.16. The number of fused-ring (bicyclic) bond motifs is 1. The van der Waals surface area contributed by atoms with Crippen LogP contribution in [-0.4, -0.2) is 22.3 Å². The Kier molecular flexibility index (Phi) is 3.59. The van der Waals surface area contributed by atoms with Crippen molar-refractivity contribution in [1.29, 1.82) is 0 Å². The van der Waals surface area contributed by atoms with Gasteiger partial charge in [-0.2, -0.15) is 0 Å². The van der Waals surface area contributed by atoms with E-state index in [0.717, 1.165) is 10.9 Å². The van der Waals surface area contributed by atoms with Crippen LogP contribution in [0.15, 0.2) is 30.5 Å². The van der Waals surface area contributed by atoms with Crippen LogP contribution in [0, 0.1) is 6.07 Å². The first-order valence-electron chi connectivity index (χ1n) is 5.76. The van der Waals surface area contributed by atoms with E-state index >= 15 is 0 Å². The first-order chi connectivity index (χ1) is 8.15. The van der Waals surface area contributed by atoms with Gasteiger partial charge in [0.2, 0.25) is 0 Å². The van der Waals surface area contributed by atoms with E-state index in [0.29, 0.717) is 12.2 Å². The molecular formula is C14H16NO2. The highest BCUT2D eigenvalue weighted by molar-refractivity contribution is 5.79. The van der Waals surface area contributed by atoms with Crippen molar-refractivity contribution in [2.75, 3.05) is 0 Å². The lowest BCUT2D eigenvalue weighted by atomic mass is 10.2. The molecule has 3 nitrogen and oxygen atoms in total. The molecule has 2 rings (SSSR count). The summed E-state index contributed by atoms with van der Waals surface area (Å²) in [6.07, 6.45) is 1.97. The zero-order chi connectivity index (χ0) is 12.3. The molecule has 2 atom stereocenters. The van der Waals surface area contributed by atoms with E-state index in [1.807, 2.05) is 31.2 Å². The third kappa shape index (κ3) is 3.17. The molecule has 1 aromatic heterocycles. The predicted molar refractivity (Wildman–Crippen MR) is 67.0 cm³/mol. The number of rotatable bonds is 4. The molecule has 0 aliphatic carbocycles. The van der Waals surface area contributed by atoms with Gasteiger partial charge in [-0.15, -0.1) is 0 Å². The summed E-state index contributed by atoms with van der Waals surface area (Å²) in [7, 11) is 0. The topological polar surface area (TPSA) is 42.4 Å². The minimum absolute atomic E-state index is 0.0348. The lowest BCUT2D eigenvalue weighted by Crippen LogP contribution is -2.18. The molecule has 1 aromatic carbocycles. The monoisotopic (exact) mass is 230 g/mol. The van der Waals surface area contributed by atoms with Crippen LogP contribution in [0.25, 0.3) is 10.9 Å². The summed E-state index contributed by atoms with van der Waals surface area (Å²) in [5, 5.41) is 10.3. The minimum atomic E-state index is -0.358. The van der Waals surface area contributed by atoms with Gasteiger partial charge in [-0.25, -0.2) is 0 Å². The van der Waals surface area contributed by atoms with Crippen molar-refractivity contribution in [3.63, 3.8) is 0 Å². The second kappa shape index (κ2) is 5.15. The molecule has 1 radical (unpaired) electrons. The van der Waals surface area contributed by atoms with Crippen molar-refractivity contribution in [3.05, 3.63) is 36.5 Å². The summed E-state index contributed by atoms with van der Waals surface area (Å²) in [6, 6.07) is 10.7. The SMILES string of the molecule is CC(O)CC(C)Oc1[c]cc2cccnc2c1. The highest BCUT2D eigenvalue weighted by Gasteiger charge is 2.08. The molecule has 0 amide bonds. The molecule has 0 aliphatic heterocycles. The molecule has 89 valence electrons. The van der Waals surface area contributed by atoms with Crippen molar-refractivity contribution < 1.29 is 9.84 Å². The second-order valence-corrected chi connectivity index (χ2v) is 4.29. The van der Waals surface area contributed by atoms with E-state index in [9.17, 15) is 5.11 Å². The standard InChI is InChI=1S/C14H16NO2/c1-10(16)8-11(2)17-13-6-5-12-4-3-7-15-14(12)9-13/h3-5,7,9-11,16H,8H2,1-2H3. The van der Waals surface area contributed by atoms with E-state index in [4.69, 9.17) is 4.74 Å². The zero-order valence-electron chi connectivity index (χ0n) is 10.1. The summed E-state index contributed by atoms with van der Waals surface area (Å²) in [4.78, 5) is 4.26. The average Bonchev–Trinajstić information content (AvgIpc) is 2.27. The van der Waals surface area contributed by atoms with Crippen LogP contribution in [0.5, 0.6) is 5.75 Å². The van der Waals surface area contributed by atoms with Crippen LogP contribution < -0.4 is 4.74 Å². The molecule has 0 spiro atoms. The summed E-state index contributed by atoms with van der Waals surface area (Å²) in [5.41, 5.74) is 0.894. The van der Waals surface area contributed by atoms with Crippen LogP contribution in [0.4, 0.5) is 0 Å². The first-order valence-corrected chi connectivity index (χ1v) is 5.76. The number of benzene rings is 1. The average molecular weight is 230 g/mol. The number of aromatic nitrogens is 1. The predicted octanol–water partition coefficient (Wildman–Crippen LogP) is 2.57. The van der Waals surface area contributed by atoms with Gasteiger partial charge in [0.05, 0.1) is 17.7 Å². The molecule has 0 saturated carbocycles. The number of ether oxygens (including phenoxy) is 1. The van der Waals surface area contributed by atoms with Crippen molar-refractivity contribution in [3.8, 4) is 5.75 Å². The van der Waals surface area contributed by atoms with Crippen molar-refractivity contribution >= 4 is 10.9 Å². The zero-order valence-corrected chi connectivity index (χ0v) is 10.1. The number of hydrogen-bond donors (Lipinski definition) is 1. The Hall–Kier alpha value is -1.61. The minimum Gasteiger partial charge on any atom is -0.490 e. The maximum absolute atomic E-state index is 9.27. The third-order valence-corrected chi connectivity index (χ3v) is 2.51. The smallest absolute Gasteiger partial charge is 0.129 e. The third-order valence-electron chi connectivity index (χ3n) is 2.51. The Labute approximate surface area is 101 Å². The van der Waals surface area contributed by atoms with Crippen LogP contribution in [0.3, 0.4) is 0 Å². The fourth-order valence-electron chi connectivity index (χ4n) is 1.80. The number of hydrogen-bond acceptors (Lipinski definition) is 3. The number of aliphatic hydroxyl groups is 1. The van der Waals surface area contributed by atoms with E-state index < -0.39 is 0 Å².